The summed E-state index contributed by atoms with van der Waals surface area (Å²) in [5.41, 5.74) is 1.20. The minimum atomic E-state index is -3.87. The molecule has 1 amide bonds. The molecule has 1 heterocycles. The summed E-state index contributed by atoms with van der Waals surface area (Å²) < 4.78 is 26.3. The Hall–Kier alpha value is -1.86. The van der Waals surface area contributed by atoms with Gasteiger partial charge in [-0.05, 0) is 37.4 Å². The lowest BCUT2D eigenvalue weighted by Gasteiger charge is -2.07. The number of aromatic nitrogens is 1. The first-order chi connectivity index (χ1) is 9.92. The van der Waals surface area contributed by atoms with Crippen molar-refractivity contribution in [3.8, 4) is 0 Å². The number of nitrogens with zero attached hydrogens (tertiary/aromatic N) is 1. The number of nitrogens with one attached hydrogen (secondary N) is 1. The number of rotatable bonds is 4. The summed E-state index contributed by atoms with van der Waals surface area (Å²) in [5.74, 6) is -0.673. The van der Waals surface area contributed by atoms with Crippen molar-refractivity contribution in [1.29, 1.82) is 0 Å². The van der Waals surface area contributed by atoms with Gasteiger partial charge in [0.25, 0.3) is 15.9 Å². The van der Waals surface area contributed by atoms with E-state index in [-0.39, 0.29) is 10.5 Å². The number of hydrogen-bond donors (Lipinski definition) is 1. The summed E-state index contributed by atoms with van der Waals surface area (Å²) in [7, 11) is -3.87. The van der Waals surface area contributed by atoms with Gasteiger partial charge in [-0.25, -0.2) is 18.1 Å². The van der Waals surface area contributed by atoms with Gasteiger partial charge in [0.1, 0.15) is 0 Å². The van der Waals surface area contributed by atoms with Crippen molar-refractivity contribution in [2.45, 2.75) is 16.8 Å². The predicted octanol–water partition coefficient (Wildman–Crippen LogP) is 2.23. The van der Waals surface area contributed by atoms with E-state index in [9.17, 15) is 13.2 Å². The van der Waals surface area contributed by atoms with E-state index in [1.165, 1.54) is 36.2 Å². The molecule has 0 aliphatic heterocycles. The molecule has 0 saturated heterocycles. The van der Waals surface area contributed by atoms with Crippen molar-refractivity contribution in [3.63, 3.8) is 0 Å². The zero-order valence-corrected chi connectivity index (χ0v) is 13.2. The molecule has 0 unspecified atom stereocenters. The van der Waals surface area contributed by atoms with Crippen LogP contribution in [0.25, 0.3) is 0 Å². The third kappa shape index (κ3) is 3.83. The molecule has 21 heavy (non-hydrogen) atoms. The molecule has 1 aromatic heterocycles. The lowest BCUT2D eigenvalue weighted by Crippen LogP contribution is -2.30. The van der Waals surface area contributed by atoms with E-state index < -0.39 is 15.9 Å². The van der Waals surface area contributed by atoms with Crippen LogP contribution in [0.2, 0.25) is 0 Å². The van der Waals surface area contributed by atoms with Crippen LogP contribution in [0.3, 0.4) is 0 Å². The molecule has 0 radical (unpaired) electrons. The second-order valence-corrected chi connectivity index (χ2v) is 6.84. The average molecular weight is 322 g/mol. The molecular weight excluding hydrogens is 308 g/mol. The Morgan fingerprint density at radius 2 is 1.86 bits per heavy atom. The molecule has 5 nitrogen and oxygen atoms in total. The normalized spacial score (nSPS) is 11.1. The quantitative estimate of drug-likeness (QED) is 0.874. The van der Waals surface area contributed by atoms with Crippen LogP contribution in [0.4, 0.5) is 0 Å². The maximum absolute atomic E-state index is 12.1. The van der Waals surface area contributed by atoms with Gasteiger partial charge < -0.3 is 0 Å². The van der Waals surface area contributed by atoms with Gasteiger partial charge in [-0.2, -0.15) is 0 Å². The zero-order valence-electron chi connectivity index (χ0n) is 11.5. The van der Waals surface area contributed by atoms with Gasteiger partial charge in [0, 0.05) is 11.8 Å². The third-order valence-corrected chi connectivity index (χ3v) is 4.75. The first-order valence-electron chi connectivity index (χ1n) is 6.06. The number of carbonyl (C=O) groups is 1. The van der Waals surface area contributed by atoms with E-state index >= 15 is 0 Å². The molecule has 1 aromatic carbocycles. The average Bonchev–Trinajstić information content (AvgIpc) is 2.47. The summed E-state index contributed by atoms with van der Waals surface area (Å²) in [6.45, 7) is 1.86. The van der Waals surface area contributed by atoms with Crippen molar-refractivity contribution in [2.24, 2.45) is 0 Å². The summed E-state index contributed by atoms with van der Waals surface area (Å²) in [4.78, 5) is 16.1. The van der Waals surface area contributed by atoms with Crippen molar-refractivity contribution >= 4 is 27.7 Å². The fourth-order valence-electron chi connectivity index (χ4n) is 1.62. The van der Waals surface area contributed by atoms with Crippen molar-refractivity contribution in [2.75, 3.05) is 6.26 Å². The molecule has 0 aliphatic carbocycles. The van der Waals surface area contributed by atoms with Crippen LogP contribution >= 0.6 is 11.8 Å². The Morgan fingerprint density at radius 3 is 2.48 bits per heavy atom. The molecule has 7 heteroatoms. The molecule has 1 N–H and O–H groups in total. The first-order valence-corrected chi connectivity index (χ1v) is 8.77. The van der Waals surface area contributed by atoms with Gasteiger partial charge in [0.05, 0.1) is 9.92 Å². The number of amides is 1. The molecule has 0 aliphatic rings. The van der Waals surface area contributed by atoms with Crippen molar-refractivity contribution in [1.82, 2.24) is 9.71 Å². The summed E-state index contributed by atoms with van der Waals surface area (Å²) in [5, 5.41) is 0.649. The summed E-state index contributed by atoms with van der Waals surface area (Å²) in [6.07, 6.45) is 3.30. The lowest BCUT2D eigenvalue weighted by molar-refractivity contribution is 0.0981. The van der Waals surface area contributed by atoms with E-state index in [0.29, 0.717) is 5.03 Å². The van der Waals surface area contributed by atoms with E-state index in [1.54, 1.807) is 18.2 Å². The third-order valence-electron chi connectivity index (χ3n) is 2.76. The van der Waals surface area contributed by atoms with Crippen LogP contribution in [0, 0.1) is 6.92 Å². The Morgan fingerprint density at radius 1 is 1.19 bits per heavy atom. The highest BCUT2D eigenvalue weighted by Crippen LogP contribution is 2.14. The van der Waals surface area contributed by atoms with Crippen LogP contribution in [-0.4, -0.2) is 25.6 Å². The molecule has 0 bridgehead atoms. The Labute approximate surface area is 127 Å². The van der Waals surface area contributed by atoms with Gasteiger partial charge in [-0.1, -0.05) is 17.7 Å². The number of thioether (sulfide) groups is 1. The fraction of sp³-hybridized carbons (Fsp3) is 0.143. The Bertz CT molecular complexity index is 756. The lowest BCUT2D eigenvalue weighted by atomic mass is 10.2. The monoisotopic (exact) mass is 322 g/mol. The van der Waals surface area contributed by atoms with Gasteiger partial charge in [-0.3, -0.25) is 4.79 Å². The van der Waals surface area contributed by atoms with Gasteiger partial charge >= 0.3 is 0 Å². The number of hydrogen-bond acceptors (Lipinski definition) is 5. The molecular formula is C14H14N2O3S2. The molecule has 110 valence electrons. The highest BCUT2D eigenvalue weighted by molar-refractivity contribution is 7.98. The topological polar surface area (TPSA) is 76.1 Å². The number of aryl methyl sites for hydroxylation is 1. The molecule has 0 saturated carbocycles. The van der Waals surface area contributed by atoms with Crippen LogP contribution < -0.4 is 4.72 Å². The first kappa shape index (κ1) is 15.5. The standard InChI is InChI=1S/C14H14N2O3S2/c1-10-3-5-12(6-4-10)21(18,19)16-14(17)11-7-8-15-13(9-11)20-2/h3-9H,1-2H3,(H,16,17). The number of carbonyl (C=O) groups excluding carboxylic acids is 1. The molecule has 2 rings (SSSR count). The van der Waals surface area contributed by atoms with E-state index in [4.69, 9.17) is 0 Å². The second kappa shape index (κ2) is 6.28. The largest absolute Gasteiger partial charge is 0.268 e. The molecule has 0 atom stereocenters. The van der Waals surface area contributed by atoms with Crippen LogP contribution in [0.15, 0.2) is 52.5 Å². The molecule has 0 spiro atoms. The predicted molar refractivity (Wildman–Crippen MR) is 81.8 cm³/mol. The van der Waals surface area contributed by atoms with Gasteiger partial charge in [0.2, 0.25) is 0 Å². The van der Waals surface area contributed by atoms with E-state index in [0.717, 1.165) is 5.56 Å². The minimum Gasteiger partial charge on any atom is -0.268 e. The number of sulfonamides is 1. The maximum Gasteiger partial charge on any atom is 0.265 e. The zero-order chi connectivity index (χ0) is 15.5. The highest BCUT2D eigenvalue weighted by atomic mass is 32.2. The Kier molecular flexibility index (Phi) is 4.64. The van der Waals surface area contributed by atoms with Crippen LogP contribution in [0.5, 0.6) is 0 Å². The SMILES string of the molecule is CSc1cc(C(=O)NS(=O)(=O)c2ccc(C)cc2)ccn1. The van der Waals surface area contributed by atoms with Gasteiger partial charge in [0.15, 0.2) is 0 Å². The van der Waals surface area contributed by atoms with E-state index in [1.807, 2.05) is 13.2 Å². The van der Waals surface area contributed by atoms with Crippen molar-refractivity contribution < 1.29 is 13.2 Å². The van der Waals surface area contributed by atoms with E-state index in [2.05, 4.69) is 9.71 Å². The van der Waals surface area contributed by atoms with Crippen molar-refractivity contribution in [3.05, 3.63) is 53.7 Å². The summed E-state index contributed by atoms with van der Waals surface area (Å²) >= 11 is 1.38. The smallest absolute Gasteiger partial charge is 0.265 e. The minimum absolute atomic E-state index is 0.0561. The van der Waals surface area contributed by atoms with Gasteiger partial charge in [-0.15, -0.1) is 11.8 Å². The molecule has 0 fully saturated rings. The Balaban J connectivity index is 2.23. The van der Waals surface area contributed by atoms with Crippen LogP contribution in [-0.2, 0) is 10.0 Å². The highest BCUT2D eigenvalue weighted by Gasteiger charge is 2.18. The second-order valence-electron chi connectivity index (χ2n) is 4.33. The molecule has 2 aromatic rings. The summed E-state index contributed by atoms with van der Waals surface area (Å²) in [6, 6.07) is 9.30. The number of pyridine rings is 1. The number of benzene rings is 1. The van der Waals surface area contributed by atoms with Crippen LogP contribution in [0.1, 0.15) is 15.9 Å². The fourth-order valence-corrected chi connectivity index (χ4v) is 3.00. The maximum atomic E-state index is 12.1.